The van der Waals surface area contributed by atoms with Gasteiger partial charge in [0, 0.05) is 26.2 Å². The Morgan fingerprint density at radius 3 is 2.62 bits per heavy atom. The molecule has 29 heavy (non-hydrogen) atoms. The average molecular weight is 401 g/mol. The average Bonchev–Trinajstić information content (AvgIpc) is 3.28. The lowest BCUT2D eigenvalue weighted by atomic mass is 10.2. The Kier molecular flexibility index (Phi) is 4.29. The third-order valence-corrected chi connectivity index (χ3v) is 4.97. The monoisotopic (exact) mass is 401 g/mol. The third-order valence-electron chi connectivity index (χ3n) is 4.97. The van der Waals surface area contributed by atoms with Crippen LogP contribution in [0, 0.1) is 0 Å². The zero-order valence-electron chi connectivity index (χ0n) is 16.1. The molecule has 0 bridgehead atoms. The molecular weight excluding hydrogens is 382 g/mol. The topological polar surface area (TPSA) is 121 Å². The summed E-state index contributed by atoms with van der Waals surface area (Å²) in [4.78, 5) is 42.8. The molecule has 3 aromatic rings. The number of methoxy groups -OCH3 is 2. The molecule has 11 nitrogen and oxygen atoms in total. The van der Waals surface area contributed by atoms with Gasteiger partial charge < -0.3 is 24.0 Å². The lowest BCUT2D eigenvalue weighted by Gasteiger charge is -2.19. The maximum atomic E-state index is 12.9. The van der Waals surface area contributed by atoms with Crippen molar-refractivity contribution in [2.75, 3.05) is 25.7 Å². The van der Waals surface area contributed by atoms with Gasteiger partial charge >= 0.3 is 11.7 Å². The van der Waals surface area contributed by atoms with Crippen molar-refractivity contribution in [3.63, 3.8) is 0 Å². The number of carboxylic acids is 1. The molecule has 0 fully saturated rings. The highest BCUT2D eigenvalue weighted by Gasteiger charge is 2.30. The maximum absolute atomic E-state index is 12.9. The van der Waals surface area contributed by atoms with Crippen molar-refractivity contribution >= 4 is 28.8 Å². The molecule has 3 heterocycles. The van der Waals surface area contributed by atoms with Gasteiger partial charge in [0.15, 0.2) is 11.2 Å². The molecule has 1 aliphatic heterocycles. The third kappa shape index (κ3) is 2.73. The van der Waals surface area contributed by atoms with Crippen LogP contribution in [0.5, 0.6) is 11.5 Å². The van der Waals surface area contributed by atoms with Crippen LogP contribution in [0.25, 0.3) is 11.2 Å². The van der Waals surface area contributed by atoms with Gasteiger partial charge in [0.25, 0.3) is 5.56 Å². The Hall–Kier alpha value is -3.76. The summed E-state index contributed by atoms with van der Waals surface area (Å²) in [6, 6.07) is 5.36. The zero-order chi connectivity index (χ0) is 20.9. The van der Waals surface area contributed by atoms with Gasteiger partial charge in [-0.15, -0.1) is 0 Å². The molecular formula is C18H19N5O6. The fraction of sp³-hybridized carbons (Fsp3) is 0.333. The van der Waals surface area contributed by atoms with Crippen LogP contribution in [-0.4, -0.2) is 50.5 Å². The van der Waals surface area contributed by atoms with Gasteiger partial charge in [-0.1, -0.05) is 0 Å². The first kappa shape index (κ1) is 18.6. The van der Waals surface area contributed by atoms with Gasteiger partial charge in [0.2, 0.25) is 5.95 Å². The molecule has 0 saturated heterocycles. The zero-order valence-corrected chi connectivity index (χ0v) is 16.1. The Morgan fingerprint density at radius 2 is 1.97 bits per heavy atom. The number of imidazole rings is 1. The molecule has 1 aromatic carbocycles. The molecule has 4 rings (SSSR count). The summed E-state index contributed by atoms with van der Waals surface area (Å²) in [6.07, 6.45) is 0. The second-order valence-electron chi connectivity index (χ2n) is 6.55. The van der Waals surface area contributed by atoms with E-state index in [9.17, 15) is 14.4 Å². The van der Waals surface area contributed by atoms with Crippen LogP contribution in [0.1, 0.15) is 0 Å². The first-order chi connectivity index (χ1) is 13.9. The predicted octanol–water partition coefficient (Wildman–Crippen LogP) is 0.150. The highest BCUT2D eigenvalue weighted by Crippen LogP contribution is 2.39. The molecule has 0 aliphatic carbocycles. The number of carboxylic acid groups (broad SMARTS) is 1. The lowest BCUT2D eigenvalue weighted by molar-refractivity contribution is -0.137. The van der Waals surface area contributed by atoms with E-state index in [4.69, 9.17) is 14.6 Å². The normalized spacial score (nSPS) is 13.0. The molecule has 0 unspecified atom stereocenters. The van der Waals surface area contributed by atoms with Crippen molar-refractivity contribution < 1.29 is 19.4 Å². The predicted molar refractivity (Wildman–Crippen MR) is 103 cm³/mol. The quantitative estimate of drug-likeness (QED) is 0.641. The van der Waals surface area contributed by atoms with Crippen molar-refractivity contribution in [2.45, 2.75) is 13.1 Å². The van der Waals surface area contributed by atoms with Crippen LogP contribution in [0.3, 0.4) is 0 Å². The standard InChI is InChI=1S/C18H19N5O6/c1-20-15-14(16(26)23(18(20)27)9-13(24)25)22-7-6-21(17(22)19-15)11-5-4-10(28-2)8-12(11)29-3/h4-5,8H,6-7,9H2,1-3H3,(H,24,25). The largest absolute Gasteiger partial charge is 0.497 e. The van der Waals surface area contributed by atoms with Crippen LogP contribution < -0.4 is 25.6 Å². The number of hydrogen-bond acceptors (Lipinski definition) is 7. The summed E-state index contributed by atoms with van der Waals surface area (Å²) in [6.45, 7) is 0.266. The molecule has 0 amide bonds. The van der Waals surface area contributed by atoms with Gasteiger partial charge in [0.05, 0.1) is 19.9 Å². The van der Waals surface area contributed by atoms with Gasteiger partial charge in [-0.2, -0.15) is 4.98 Å². The van der Waals surface area contributed by atoms with E-state index in [1.165, 1.54) is 11.6 Å². The van der Waals surface area contributed by atoms with E-state index in [1.807, 2.05) is 11.0 Å². The number of aliphatic carboxylic acids is 1. The van der Waals surface area contributed by atoms with Gasteiger partial charge in [-0.05, 0) is 12.1 Å². The Bertz CT molecular complexity index is 1250. The van der Waals surface area contributed by atoms with Crippen molar-refractivity contribution in [1.82, 2.24) is 18.7 Å². The van der Waals surface area contributed by atoms with Gasteiger partial charge in [-0.25, -0.2) is 9.36 Å². The van der Waals surface area contributed by atoms with Crippen LogP contribution in [0.15, 0.2) is 27.8 Å². The highest BCUT2D eigenvalue weighted by atomic mass is 16.5. The Balaban J connectivity index is 1.93. The second-order valence-corrected chi connectivity index (χ2v) is 6.55. The fourth-order valence-corrected chi connectivity index (χ4v) is 3.59. The van der Waals surface area contributed by atoms with Crippen LogP contribution >= 0.6 is 0 Å². The molecule has 0 radical (unpaired) electrons. The number of fused-ring (bicyclic) bond motifs is 3. The van der Waals surface area contributed by atoms with Crippen molar-refractivity contribution in [3.05, 3.63) is 39.0 Å². The molecule has 152 valence electrons. The Labute approximate surface area is 163 Å². The summed E-state index contributed by atoms with van der Waals surface area (Å²) in [5, 5.41) is 9.05. The molecule has 0 spiro atoms. The number of carbonyl (C=O) groups is 1. The molecule has 0 atom stereocenters. The van der Waals surface area contributed by atoms with Crippen molar-refractivity contribution in [3.8, 4) is 11.5 Å². The van der Waals surface area contributed by atoms with Crippen molar-refractivity contribution in [2.24, 2.45) is 7.05 Å². The highest BCUT2D eigenvalue weighted by molar-refractivity contribution is 5.79. The number of nitrogens with zero attached hydrogens (tertiary/aromatic N) is 5. The van der Waals surface area contributed by atoms with Gasteiger partial charge in [0.1, 0.15) is 18.0 Å². The van der Waals surface area contributed by atoms with E-state index in [1.54, 1.807) is 30.9 Å². The van der Waals surface area contributed by atoms with E-state index < -0.39 is 23.8 Å². The van der Waals surface area contributed by atoms with Crippen LogP contribution in [-0.2, 0) is 24.9 Å². The fourth-order valence-electron chi connectivity index (χ4n) is 3.59. The van der Waals surface area contributed by atoms with E-state index in [2.05, 4.69) is 4.98 Å². The summed E-state index contributed by atoms with van der Waals surface area (Å²) < 4.78 is 14.3. The second kappa shape index (κ2) is 6.69. The molecule has 0 saturated carbocycles. The number of hydrogen-bond donors (Lipinski definition) is 1. The summed E-state index contributed by atoms with van der Waals surface area (Å²) in [7, 11) is 4.57. The molecule has 11 heteroatoms. The van der Waals surface area contributed by atoms with E-state index in [-0.39, 0.29) is 11.2 Å². The van der Waals surface area contributed by atoms with Gasteiger partial charge in [-0.3, -0.25) is 14.2 Å². The minimum absolute atomic E-state index is 0.193. The van der Waals surface area contributed by atoms with Crippen LogP contribution in [0.2, 0.25) is 0 Å². The minimum Gasteiger partial charge on any atom is -0.497 e. The lowest BCUT2D eigenvalue weighted by Crippen LogP contribution is -2.41. The first-order valence-corrected chi connectivity index (χ1v) is 8.78. The summed E-state index contributed by atoms with van der Waals surface area (Å²) in [5.74, 6) is 0.414. The van der Waals surface area contributed by atoms with E-state index >= 15 is 0 Å². The number of anilines is 2. The smallest absolute Gasteiger partial charge is 0.333 e. The minimum atomic E-state index is -1.27. The van der Waals surface area contributed by atoms with Crippen LogP contribution in [0.4, 0.5) is 11.6 Å². The molecule has 1 N–H and O–H groups in total. The molecule has 1 aliphatic rings. The van der Waals surface area contributed by atoms with E-state index in [0.717, 1.165) is 5.69 Å². The first-order valence-electron chi connectivity index (χ1n) is 8.78. The Morgan fingerprint density at radius 1 is 1.21 bits per heavy atom. The number of aromatic nitrogens is 4. The number of aryl methyl sites for hydroxylation is 1. The number of benzene rings is 1. The van der Waals surface area contributed by atoms with Crippen molar-refractivity contribution in [1.29, 1.82) is 0 Å². The number of rotatable bonds is 5. The summed E-state index contributed by atoms with van der Waals surface area (Å²) >= 11 is 0. The van der Waals surface area contributed by atoms with E-state index in [0.29, 0.717) is 35.1 Å². The number of ether oxygens (including phenoxy) is 2. The SMILES string of the molecule is COc1ccc(N2CCn3c2nc2c3c(=O)n(CC(=O)O)c(=O)n2C)c(OC)c1. The summed E-state index contributed by atoms with van der Waals surface area (Å²) in [5.41, 5.74) is -0.270. The molecule has 2 aromatic heterocycles. The maximum Gasteiger partial charge on any atom is 0.333 e.